The lowest BCUT2D eigenvalue weighted by atomic mass is 10.1. The summed E-state index contributed by atoms with van der Waals surface area (Å²) in [5.74, 6) is 0.875. The predicted octanol–water partition coefficient (Wildman–Crippen LogP) is 3.65. The molecule has 0 aliphatic rings. The summed E-state index contributed by atoms with van der Waals surface area (Å²) in [6, 6.07) is 9.81. The van der Waals surface area contributed by atoms with Crippen LogP contribution in [0.3, 0.4) is 0 Å². The number of nitrogens with zero attached hydrogens (tertiary/aromatic N) is 1. The van der Waals surface area contributed by atoms with E-state index in [0.717, 1.165) is 5.56 Å². The maximum absolute atomic E-state index is 13.4. The first-order valence-electron chi connectivity index (χ1n) is 7.33. The first-order chi connectivity index (χ1) is 11.6. The van der Waals surface area contributed by atoms with E-state index in [1.165, 1.54) is 18.3 Å². The van der Waals surface area contributed by atoms with Crippen molar-refractivity contribution in [1.29, 1.82) is 0 Å². The fourth-order valence-corrected chi connectivity index (χ4v) is 2.52. The van der Waals surface area contributed by atoms with Gasteiger partial charge in [-0.2, -0.15) is 0 Å². The van der Waals surface area contributed by atoms with Crippen molar-refractivity contribution in [2.45, 2.75) is 6.54 Å². The van der Waals surface area contributed by atoms with Crippen LogP contribution in [0, 0.1) is 5.82 Å². The Morgan fingerprint density at radius 1 is 1.12 bits per heavy atom. The van der Waals surface area contributed by atoms with Gasteiger partial charge in [0, 0.05) is 17.1 Å². The number of aromatic amines is 1. The molecule has 0 saturated heterocycles. The van der Waals surface area contributed by atoms with Gasteiger partial charge >= 0.3 is 0 Å². The topological polar surface area (TPSA) is 66.8 Å². The van der Waals surface area contributed by atoms with Gasteiger partial charge in [-0.3, -0.25) is 4.99 Å². The molecule has 0 aliphatic heterocycles. The molecule has 0 fully saturated rings. The maximum Gasteiger partial charge on any atom is 0.198 e. The van der Waals surface area contributed by atoms with Crippen molar-refractivity contribution in [3.05, 3.63) is 53.3 Å². The zero-order valence-electron chi connectivity index (χ0n) is 13.3. The molecule has 3 rings (SSSR count). The number of halogens is 1. The van der Waals surface area contributed by atoms with E-state index >= 15 is 0 Å². The largest absolute Gasteiger partial charge is 0.494 e. The minimum absolute atomic E-state index is 0.0355. The molecule has 1 heterocycles. The van der Waals surface area contributed by atoms with Gasteiger partial charge in [-0.15, -0.1) is 0 Å². The summed E-state index contributed by atoms with van der Waals surface area (Å²) in [5, 5.41) is 10.6. The van der Waals surface area contributed by atoms with Crippen molar-refractivity contribution >= 4 is 17.1 Å². The maximum atomic E-state index is 13.4. The van der Waals surface area contributed by atoms with Gasteiger partial charge in [0.15, 0.2) is 17.4 Å². The molecule has 24 heavy (non-hydrogen) atoms. The Bertz CT molecular complexity index is 903. The van der Waals surface area contributed by atoms with E-state index in [9.17, 15) is 9.50 Å². The van der Waals surface area contributed by atoms with Gasteiger partial charge in [-0.05, 0) is 35.9 Å². The van der Waals surface area contributed by atoms with Gasteiger partial charge in [0.25, 0.3) is 0 Å². The smallest absolute Gasteiger partial charge is 0.198 e. The summed E-state index contributed by atoms with van der Waals surface area (Å²) >= 11 is 0. The number of aromatic hydroxyl groups is 1. The van der Waals surface area contributed by atoms with Crippen LogP contribution in [0.15, 0.2) is 41.4 Å². The SMILES string of the molecule is COc1ccc(CN=Cc2c(O)[nH]c3ccc(F)cc23)cc1OC. The second-order valence-electron chi connectivity index (χ2n) is 5.24. The Hall–Kier alpha value is -3.02. The summed E-state index contributed by atoms with van der Waals surface area (Å²) in [5.41, 5.74) is 2.04. The lowest BCUT2D eigenvalue weighted by Gasteiger charge is -2.08. The standard InChI is InChI=1S/C18H17FN2O3/c1-23-16-6-3-11(7-17(16)24-2)9-20-10-14-13-8-12(19)4-5-15(13)21-18(14)22/h3-8,10,21-22H,9H2,1-2H3. The molecule has 3 aromatic rings. The van der Waals surface area contributed by atoms with E-state index in [4.69, 9.17) is 9.47 Å². The number of ether oxygens (including phenoxy) is 2. The fourth-order valence-electron chi connectivity index (χ4n) is 2.52. The van der Waals surface area contributed by atoms with Gasteiger partial charge in [0.1, 0.15) is 5.82 Å². The van der Waals surface area contributed by atoms with Crippen molar-refractivity contribution in [2.75, 3.05) is 14.2 Å². The number of hydrogen-bond acceptors (Lipinski definition) is 4. The highest BCUT2D eigenvalue weighted by molar-refractivity contribution is 6.01. The summed E-state index contributed by atoms with van der Waals surface area (Å²) in [6.07, 6.45) is 1.53. The normalized spacial score (nSPS) is 11.3. The quantitative estimate of drug-likeness (QED) is 0.703. The minimum atomic E-state index is -0.365. The van der Waals surface area contributed by atoms with Crippen LogP contribution in [0.5, 0.6) is 17.4 Å². The van der Waals surface area contributed by atoms with E-state index in [1.54, 1.807) is 20.3 Å². The third-order valence-electron chi connectivity index (χ3n) is 3.72. The average molecular weight is 328 g/mol. The Balaban J connectivity index is 1.84. The van der Waals surface area contributed by atoms with Gasteiger partial charge < -0.3 is 19.6 Å². The monoisotopic (exact) mass is 328 g/mol. The van der Waals surface area contributed by atoms with Gasteiger partial charge in [0.2, 0.25) is 0 Å². The molecule has 2 N–H and O–H groups in total. The van der Waals surface area contributed by atoms with Crippen LogP contribution in [0.1, 0.15) is 11.1 Å². The first-order valence-corrected chi connectivity index (χ1v) is 7.33. The molecule has 0 aliphatic carbocycles. The highest BCUT2D eigenvalue weighted by Crippen LogP contribution is 2.28. The van der Waals surface area contributed by atoms with E-state index in [1.807, 2.05) is 18.2 Å². The Labute approximate surface area is 138 Å². The zero-order chi connectivity index (χ0) is 17.1. The van der Waals surface area contributed by atoms with Gasteiger partial charge in [-0.1, -0.05) is 6.07 Å². The van der Waals surface area contributed by atoms with Gasteiger partial charge in [0.05, 0.1) is 26.3 Å². The first kappa shape index (κ1) is 15.9. The molecule has 6 heteroatoms. The number of hydrogen-bond donors (Lipinski definition) is 2. The lowest BCUT2D eigenvalue weighted by Crippen LogP contribution is -1.92. The summed E-state index contributed by atoms with van der Waals surface area (Å²) in [4.78, 5) is 7.13. The molecule has 1 aromatic heterocycles. The number of rotatable bonds is 5. The number of methoxy groups -OCH3 is 2. The van der Waals surface area contributed by atoms with Crippen LogP contribution < -0.4 is 9.47 Å². The molecule has 124 valence electrons. The number of nitrogens with one attached hydrogen (secondary N) is 1. The lowest BCUT2D eigenvalue weighted by molar-refractivity contribution is 0.354. The number of fused-ring (bicyclic) bond motifs is 1. The molecule has 5 nitrogen and oxygen atoms in total. The highest BCUT2D eigenvalue weighted by Gasteiger charge is 2.09. The molecule has 0 atom stereocenters. The van der Waals surface area contributed by atoms with Crippen molar-refractivity contribution in [2.24, 2.45) is 4.99 Å². The zero-order valence-corrected chi connectivity index (χ0v) is 13.3. The Kier molecular flexibility index (Phi) is 4.37. The van der Waals surface area contributed by atoms with Crippen LogP contribution >= 0.6 is 0 Å². The molecule has 0 amide bonds. The third kappa shape index (κ3) is 3.03. The van der Waals surface area contributed by atoms with Crippen molar-refractivity contribution in [3.63, 3.8) is 0 Å². The van der Waals surface area contributed by atoms with Crippen molar-refractivity contribution < 1.29 is 19.0 Å². The molecule has 0 spiro atoms. The van der Waals surface area contributed by atoms with E-state index in [2.05, 4.69) is 9.98 Å². The van der Waals surface area contributed by atoms with E-state index in [0.29, 0.717) is 34.5 Å². The predicted molar refractivity (Wildman–Crippen MR) is 90.8 cm³/mol. The number of benzene rings is 2. The van der Waals surface area contributed by atoms with Crippen LogP contribution in [-0.4, -0.2) is 30.5 Å². The Morgan fingerprint density at radius 3 is 2.67 bits per heavy atom. The molecule has 0 bridgehead atoms. The van der Waals surface area contributed by atoms with Crippen LogP contribution in [0.4, 0.5) is 4.39 Å². The van der Waals surface area contributed by atoms with Gasteiger partial charge in [-0.25, -0.2) is 4.39 Å². The van der Waals surface area contributed by atoms with Crippen molar-refractivity contribution in [1.82, 2.24) is 4.98 Å². The minimum Gasteiger partial charge on any atom is -0.494 e. The van der Waals surface area contributed by atoms with Crippen LogP contribution in [0.25, 0.3) is 10.9 Å². The second kappa shape index (κ2) is 6.62. The summed E-state index contributed by atoms with van der Waals surface area (Å²) in [6.45, 7) is 0.391. The molecule has 0 unspecified atom stereocenters. The van der Waals surface area contributed by atoms with Crippen LogP contribution in [0.2, 0.25) is 0 Å². The third-order valence-corrected chi connectivity index (χ3v) is 3.72. The number of aliphatic imine (C=N–C) groups is 1. The molecule has 0 radical (unpaired) electrons. The van der Waals surface area contributed by atoms with Crippen molar-refractivity contribution in [3.8, 4) is 17.4 Å². The summed E-state index contributed by atoms with van der Waals surface area (Å²) < 4.78 is 23.9. The molecular formula is C18H17FN2O3. The number of H-pyrrole nitrogens is 1. The Morgan fingerprint density at radius 2 is 1.92 bits per heavy atom. The van der Waals surface area contributed by atoms with Crippen LogP contribution in [-0.2, 0) is 6.54 Å². The number of aromatic nitrogens is 1. The highest BCUT2D eigenvalue weighted by atomic mass is 19.1. The molecule has 2 aromatic carbocycles. The fraction of sp³-hybridized carbons (Fsp3) is 0.167. The second-order valence-corrected chi connectivity index (χ2v) is 5.24. The molecule has 0 saturated carbocycles. The molecular weight excluding hydrogens is 311 g/mol. The van der Waals surface area contributed by atoms with E-state index in [-0.39, 0.29) is 11.7 Å². The average Bonchev–Trinajstić information content (AvgIpc) is 2.90. The summed E-state index contributed by atoms with van der Waals surface area (Å²) in [7, 11) is 3.15. The van der Waals surface area contributed by atoms with E-state index < -0.39 is 0 Å².